The average molecular weight is 295 g/mol. The Morgan fingerprint density at radius 1 is 1.09 bits per heavy atom. The molecule has 4 nitrogen and oxygen atoms in total. The Morgan fingerprint density at radius 3 is 2.55 bits per heavy atom. The molecule has 0 bridgehead atoms. The van der Waals surface area contributed by atoms with E-state index < -0.39 is 0 Å². The minimum Gasteiger partial charge on any atom is -0.372 e. The summed E-state index contributed by atoms with van der Waals surface area (Å²) in [5, 5.41) is 2.91. The highest BCUT2D eigenvalue weighted by Crippen LogP contribution is 2.20. The first-order chi connectivity index (χ1) is 10.8. The van der Waals surface area contributed by atoms with Gasteiger partial charge in [-0.25, -0.2) is 0 Å². The maximum Gasteiger partial charge on any atom is 0.224 e. The van der Waals surface area contributed by atoms with Crippen molar-refractivity contribution in [3.8, 4) is 0 Å². The van der Waals surface area contributed by atoms with Crippen LogP contribution in [0.2, 0.25) is 0 Å². The van der Waals surface area contributed by atoms with Crippen LogP contribution in [0.4, 0.5) is 5.69 Å². The lowest BCUT2D eigenvalue weighted by molar-refractivity contribution is -0.120. The maximum absolute atomic E-state index is 12.0. The zero-order valence-electron chi connectivity index (χ0n) is 12.7. The fourth-order valence-electron chi connectivity index (χ4n) is 2.74. The fourth-order valence-corrected chi connectivity index (χ4v) is 2.74. The van der Waals surface area contributed by atoms with Gasteiger partial charge in [0, 0.05) is 25.0 Å². The van der Waals surface area contributed by atoms with Crippen molar-refractivity contribution in [2.45, 2.75) is 25.8 Å². The van der Waals surface area contributed by atoms with Gasteiger partial charge < -0.3 is 10.2 Å². The normalized spacial score (nSPS) is 14.1. The van der Waals surface area contributed by atoms with Crippen LogP contribution in [0.3, 0.4) is 0 Å². The molecule has 1 aliphatic rings. The highest BCUT2D eigenvalue weighted by Gasteiger charge is 2.12. The minimum atomic E-state index is 0.0274. The van der Waals surface area contributed by atoms with Gasteiger partial charge in [-0.1, -0.05) is 18.2 Å². The topological polar surface area (TPSA) is 45.2 Å². The van der Waals surface area contributed by atoms with Gasteiger partial charge in [0.05, 0.1) is 18.7 Å². The van der Waals surface area contributed by atoms with Gasteiger partial charge in [-0.2, -0.15) is 0 Å². The first-order valence-corrected chi connectivity index (χ1v) is 7.82. The standard InChI is InChI=1S/C18H21N3O/c22-18(20-14-16-5-1-2-10-19-16)13-15-6-8-17(9-7-15)21-11-3-4-12-21/h1-2,5-10H,3-4,11-14H2,(H,20,22). The molecule has 0 radical (unpaired) electrons. The molecule has 3 rings (SSSR count). The van der Waals surface area contributed by atoms with Crippen molar-refractivity contribution in [3.63, 3.8) is 0 Å². The second-order valence-electron chi connectivity index (χ2n) is 5.64. The Bertz CT molecular complexity index is 604. The summed E-state index contributed by atoms with van der Waals surface area (Å²) in [6, 6.07) is 14.0. The minimum absolute atomic E-state index is 0.0274. The zero-order valence-corrected chi connectivity index (χ0v) is 12.7. The summed E-state index contributed by atoms with van der Waals surface area (Å²) in [6.07, 6.45) is 4.70. The summed E-state index contributed by atoms with van der Waals surface area (Å²) < 4.78 is 0. The van der Waals surface area contributed by atoms with E-state index in [1.807, 2.05) is 30.3 Å². The summed E-state index contributed by atoms with van der Waals surface area (Å²) in [6.45, 7) is 2.76. The van der Waals surface area contributed by atoms with E-state index in [1.54, 1.807) is 6.20 Å². The SMILES string of the molecule is O=C(Cc1ccc(N2CCCC2)cc1)NCc1ccccn1. The summed E-state index contributed by atoms with van der Waals surface area (Å²) in [7, 11) is 0. The van der Waals surface area contributed by atoms with E-state index in [4.69, 9.17) is 0 Å². The first kappa shape index (κ1) is 14.6. The smallest absolute Gasteiger partial charge is 0.224 e. The van der Waals surface area contributed by atoms with Gasteiger partial charge in [-0.15, -0.1) is 0 Å². The Labute approximate surface area is 131 Å². The molecule has 1 saturated heterocycles. The molecular formula is C18H21N3O. The molecule has 2 heterocycles. The molecule has 22 heavy (non-hydrogen) atoms. The quantitative estimate of drug-likeness (QED) is 0.922. The van der Waals surface area contributed by atoms with Gasteiger partial charge in [0.25, 0.3) is 0 Å². The molecule has 1 aromatic heterocycles. The van der Waals surface area contributed by atoms with Crippen molar-refractivity contribution in [2.75, 3.05) is 18.0 Å². The number of aromatic nitrogens is 1. The lowest BCUT2D eigenvalue weighted by Crippen LogP contribution is -2.25. The Balaban J connectivity index is 1.50. The van der Waals surface area contributed by atoms with Crippen molar-refractivity contribution in [2.24, 2.45) is 0 Å². The molecular weight excluding hydrogens is 274 g/mol. The summed E-state index contributed by atoms with van der Waals surface area (Å²) >= 11 is 0. The molecule has 1 amide bonds. The van der Waals surface area contributed by atoms with Crippen LogP contribution in [0, 0.1) is 0 Å². The van der Waals surface area contributed by atoms with Crippen molar-refractivity contribution in [1.29, 1.82) is 0 Å². The second kappa shape index (κ2) is 7.07. The molecule has 2 aromatic rings. The Morgan fingerprint density at radius 2 is 1.86 bits per heavy atom. The highest BCUT2D eigenvalue weighted by atomic mass is 16.1. The molecule has 1 aliphatic heterocycles. The number of hydrogen-bond donors (Lipinski definition) is 1. The lowest BCUT2D eigenvalue weighted by atomic mass is 10.1. The van der Waals surface area contributed by atoms with Gasteiger partial charge in [0.2, 0.25) is 5.91 Å². The number of anilines is 1. The molecule has 114 valence electrons. The van der Waals surface area contributed by atoms with Gasteiger partial charge in [-0.05, 0) is 42.7 Å². The summed E-state index contributed by atoms with van der Waals surface area (Å²) in [4.78, 5) is 18.6. The molecule has 0 aliphatic carbocycles. The van der Waals surface area contributed by atoms with E-state index in [0.717, 1.165) is 24.3 Å². The summed E-state index contributed by atoms with van der Waals surface area (Å²) in [5.74, 6) is 0.0274. The Hall–Kier alpha value is -2.36. The van der Waals surface area contributed by atoms with Gasteiger partial charge >= 0.3 is 0 Å². The van der Waals surface area contributed by atoms with Crippen LogP contribution in [0.1, 0.15) is 24.1 Å². The molecule has 1 fully saturated rings. The molecule has 0 unspecified atom stereocenters. The number of carbonyl (C=O) groups is 1. The number of carbonyl (C=O) groups excluding carboxylic acids is 1. The summed E-state index contributed by atoms with van der Waals surface area (Å²) in [5.41, 5.74) is 3.18. The van der Waals surface area contributed by atoms with E-state index in [2.05, 4.69) is 27.3 Å². The Kier molecular flexibility index (Phi) is 4.68. The fraction of sp³-hybridized carbons (Fsp3) is 0.333. The van der Waals surface area contributed by atoms with E-state index in [-0.39, 0.29) is 5.91 Å². The van der Waals surface area contributed by atoms with Crippen molar-refractivity contribution >= 4 is 11.6 Å². The number of nitrogens with one attached hydrogen (secondary N) is 1. The third-order valence-electron chi connectivity index (χ3n) is 3.97. The zero-order chi connectivity index (χ0) is 15.2. The number of hydrogen-bond acceptors (Lipinski definition) is 3. The predicted molar refractivity (Wildman–Crippen MR) is 87.7 cm³/mol. The van der Waals surface area contributed by atoms with Crippen LogP contribution in [0.5, 0.6) is 0 Å². The third-order valence-corrected chi connectivity index (χ3v) is 3.97. The van der Waals surface area contributed by atoms with Crippen LogP contribution in [-0.4, -0.2) is 24.0 Å². The van der Waals surface area contributed by atoms with Gasteiger partial charge in [0.1, 0.15) is 0 Å². The van der Waals surface area contributed by atoms with Crippen LogP contribution in [0.25, 0.3) is 0 Å². The molecule has 1 aromatic carbocycles. The second-order valence-corrected chi connectivity index (χ2v) is 5.64. The number of pyridine rings is 1. The van der Waals surface area contributed by atoms with Crippen LogP contribution < -0.4 is 10.2 Å². The molecule has 0 saturated carbocycles. The van der Waals surface area contributed by atoms with Gasteiger partial charge in [-0.3, -0.25) is 9.78 Å². The first-order valence-electron chi connectivity index (χ1n) is 7.82. The largest absolute Gasteiger partial charge is 0.372 e. The molecule has 1 N–H and O–H groups in total. The van der Waals surface area contributed by atoms with Crippen LogP contribution >= 0.6 is 0 Å². The number of nitrogens with zero attached hydrogens (tertiary/aromatic N) is 2. The van der Waals surface area contributed by atoms with Crippen molar-refractivity contribution in [1.82, 2.24) is 10.3 Å². The molecule has 0 spiro atoms. The number of amides is 1. The highest BCUT2D eigenvalue weighted by molar-refractivity contribution is 5.78. The van der Waals surface area contributed by atoms with Crippen LogP contribution in [-0.2, 0) is 17.8 Å². The van der Waals surface area contributed by atoms with E-state index in [9.17, 15) is 4.79 Å². The van der Waals surface area contributed by atoms with E-state index in [0.29, 0.717) is 13.0 Å². The lowest BCUT2D eigenvalue weighted by Gasteiger charge is -2.17. The van der Waals surface area contributed by atoms with Crippen LogP contribution in [0.15, 0.2) is 48.7 Å². The average Bonchev–Trinajstić information content (AvgIpc) is 3.09. The number of benzene rings is 1. The predicted octanol–water partition coefficient (Wildman–Crippen LogP) is 2.54. The monoisotopic (exact) mass is 295 g/mol. The maximum atomic E-state index is 12.0. The number of rotatable bonds is 5. The molecule has 0 atom stereocenters. The van der Waals surface area contributed by atoms with Crippen molar-refractivity contribution < 1.29 is 4.79 Å². The van der Waals surface area contributed by atoms with Gasteiger partial charge in [0.15, 0.2) is 0 Å². The van der Waals surface area contributed by atoms with Crippen molar-refractivity contribution in [3.05, 3.63) is 59.9 Å². The van der Waals surface area contributed by atoms with E-state index >= 15 is 0 Å². The van der Waals surface area contributed by atoms with E-state index in [1.165, 1.54) is 18.5 Å². The molecule has 4 heteroatoms. The third kappa shape index (κ3) is 3.85.